The first-order chi connectivity index (χ1) is 10.2. The molecule has 0 saturated heterocycles. The van der Waals surface area contributed by atoms with E-state index >= 15 is 0 Å². The Hall–Kier alpha value is -1.02. The molecular formula is C18H25ClN2. The van der Waals surface area contributed by atoms with E-state index in [1.54, 1.807) is 0 Å². The molecule has 0 aliphatic heterocycles. The molecule has 0 N–H and O–H groups in total. The van der Waals surface area contributed by atoms with Gasteiger partial charge in [-0.3, -0.25) is 0 Å². The van der Waals surface area contributed by atoms with Gasteiger partial charge in [0.1, 0.15) is 5.82 Å². The van der Waals surface area contributed by atoms with Crippen molar-refractivity contribution < 1.29 is 0 Å². The molecule has 1 aromatic heterocycles. The van der Waals surface area contributed by atoms with Crippen LogP contribution in [0.4, 0.5) is 0 Å². The monoisotopic (exact) mass is 304 g/mol. The van der Waals surface area contributed by atoms with Crippen LogP contribution in [0, 0.1) is 18.8 Å². The highest BCUT2D eigenvalue weighted by Crippen LogP contribution is 2.31. The fraction of sp³-hybridized carbons (Fsp3) is 0.611. The first kappa shape index (κ1) is 14.9. The molecule has 2 nitrogen and oxygen atoms in total. The number of rotatable bonds is 4. The van der Waals surface area contributed by atoms with Crippen molar-refractivity contribution in [1.82, 2.24) is 9.55 Å². The molecule has 1 fully saturated rings. The Morgan fingerprint density at radius 3 is 2.95 bits per heavy atom. The van der Waals surface area contributed by atoms with E-state index in [-0.39, 0.29) is 0 Å². The third kappa shape index (κ3) is 3.26. The van der Waals surface area contributed by atoms with Gasteiger partial charge in [-0.15, -0.1) is 11.6 Å². The Morgan fingerprint density at radius 2 is 2.19 bits per heavy atom. The van der Waals surface area contributed by atoms with Gasteiger partial charge in [-0.1, -0.05) is 32.3 Å². The topological polar surface area (TPSA) is 17.8 Å². The fourth-order valence-corrected chi connectivity index (χ4v) is 3.98. The highest BCUT2D eigenvalue weighted by atomic mass is 35.5. The summed E-state index contributed by atoms with van der Waals surface area (Å²) in [6.07, 6.45) is 6.86. The Morgan fingerprint density at radius 1 is 1.33 bits per heavy atom. The Kier molecular flexibility index (Phi) is 4.54. The summed E-state index contributed by atoms with van der Waals surface area (Å²) in [4.78, 5) is 4.70. The highest BCUT2D eigenvalue weighted by molar-refractivity contribution is 6.16. The minimum Gasteiger partial charge on any atom is -0.327 e. The van der Waals surface area contributed by atoms with Crippen molar-refractivity contribution in [3.63, 3.8) is 0 Å². The zero-order chi connectivity index (χ0) is 14.8. The normalized spacial score (nSPS) is 22.8. The molecule has 1 aromatic carbocycles. The summed E-state index contributed by atoms with van der Waals surface area (Å²) in [5.74, 6) is 3.29. The molecule has 114 valence electrons. The van der Waals surface area contributed by atoms with Crippen LogP contribution in [-0.2, 0) is 12.4 Å². The van der Waals surface area contributed by atoms with Crippen molar-refractivity contribution >= 4 is 22.6 Å². The van der Waals surface area contributed by atoms with Crippen molar-refractivity contribution in [2.24, 2.45) is 11.8 Å². The number of hydrogen-bond acceptors (Lipinski definition) is 1. The number of imidazole rings is 1. The number of fused-ring (bicyclic) bond motifs is 1. The minimum absolute atomic E-state index is 0.495. The van der Waals surface area contributed by atoms with E-state index in [0.29, 0.717) is 5.88 Å². The number of aromatic nitrogens is 2. The van der Waals surface area contributed by atoms with Gasteiger partial charge in [-0.25, -0.2) is 4.98 Å². The van der Waals surface area contributed by atoms with Crippen LogP contribution in [0.25, 0.3) is 11.0 Å². The molecule has 0 bridgehead atoms. The van der Waals surface area contributed by atoms with Crippen LogP contribution in [0.2, 0.25) is 0 Å². The lowest BCUT2D eigenvalue weighted by Gasteiger charge is -2.27. The summed E-state index contributed by atoms with van der Waals surface area (Å²) < 4.78 is 2.33. The quantitative estimate of drug-likeness (QED) is 0.701. The highest BCUT2D eigenvalue weighted by Gasteiger charge is 2.19. The van der Waals surface area contributed by atoms with Gasteiger partial charge in [0.2, 0.25) is 0 Å². The Balaban J connectivity index is 1.79. The van der Waals surface area contributed by atoms with Crippen LogP contribution < -0.4 is 0 Å². The second-order valence-corrected chi connectivity index (χ2v) is 7.00. The van der Waals surface area contributed by atoms with Crippen molar-refractivity contribution in [2.45, 2.75) is 58.4 Å². The number of nitrogens with zero attached hydrogens (tertiary/aromatic N) is 2. The summed E-state index contributed by atoms with van der Waals surface area (Å²) in [6, 6.07) is 6.52. The third-order valence-electron chi connectivity index (χ3n) is 4.91. The number of aryl methyl sites for hydroxylation is 2. The van der Waals surface area contributed by atoms with E-state index in [2.05, 4.69) is 36.6 Å². The maximum atomic E-state index is 6.10. The molecule has 2 aromatic rings. The van der Waals surface area contributed by atoms with Gasteiger partial charge >= 0.3 is 0 Å². The molecule has 3 rings (SSSR count). The van der Waals surface area contributed by atoms with E-state index in [1.165, 1.54) is 43.2 Å². The SMILES string of the molecule is Cc1ccc2c(c1)nc(CCl)n2CCC1CCCC(C)C1. The Labute approximate surface area is 132 Å². The number of alkyl halides is 1. The van der Waals surface area contributed by atoms with E-state index in [1.807, 2.05) is 0 Å². The predicted octanol–water partition coefficient (Wildman–Crippen LogP) is 5.30. The number of hydrogen-bond donors (Lipinski definition) is 0. The molecule has 2 atom stereocenters. The molecular weight excluding hydrogens is 280 g/mol. The summed E-state index contributed by atoms with van der Waals surface area (Å²) in [7, 11) is 0. The molecule has 1 aliphatic rings. The molecule has 1 heterocycles. The molecule has 0 spiro atoms. The molecule has 0 radical (unpaired) electrons. The summed E-state index contributed by atoms with van der Waals surface area (Å²) in [5.41, 5.74) is 3.58. The van der Waals surface area contributed by atoms with Gasteiger partial charge in [0.05, 0.1) is 16.9 Å². The van der Waals surface area contributed by atoms with E-state index in [0.717, 1.165) is 29.7 Å². The zero-order valence-electron chi connectivity index (χ0n) is 13.1. The molecule has 21 heavy (non-hydrogen) atoms. The molecule has 1 saturated carbocycles. The maximum absolute atomic E-state index is 6.10. The van der Waals surface area contributed by atoms with E-state index in [4.69, 9.17) is 16.6 Å². The van der Waals surface area contributed by atoms with Crippen LogP contribution in [-0.4, -0.2) is 9.55 Å². The van der Waals surface area contributed by atoms with Gasteiger partial charge in [0, 0.05) is 6.54 Å². The van der Waals surface area contributed by atoms with Gasteiger partial charge in [-0.05, 0) is 49.3 Å². The lowest BCUT2D eigenvalue weighted by Crippen LogP contribution is -2.16. The molecule has 2 unspecified atom stereocenters. The predicted molar refractivity (Wildman–Crippen MR) is 89.8 cm³/mol. The summed E-state index contributed by atoms with van der Waals surface area (Å²) in [5, 5.41) is 0. The number of benzene rings is 1. The average Bonchev–Trinajstić information content (AvgIpc) is 2.82. The van der Waals surface area contributed by atoms with Crippen LogP contribution in [0.3, 0.4) is 0 Å². The average molecular weight is 305 g/mol. The Bertz CT molecular complexity index is 617. The van der Waals surface area contributed by atoms with Crippen LogP contribution in [0.1, 0.15) is 50.4 Å². The molecule has 3 heteroatoms. The first-order valence-corrected chi connectivity index (χ1v) is 8.72. The van der Waals surface area contributed by atoms with Gasteiger partial charge < -0.3 is 4.57 Å². The lowest BCUT2D eigenvalue weighted by atomic mass is 9.81. The minimum atomic E-state index is 0.495. The van der Waals surface area contributed by atoms with Gasteiger partial charge in [-0.2, -0.15) is 0 Å². The van der Waals surface area contributed by atoms with Crippen LogP contribution >= 0.6 is 11.6 Å². The maximum Gasteiger partial charge on any atom is 0.124 e. The largest absolute Gasteiger partial charge is 0.327 e. The summed E-state index contributed by atoms with van der Waals surface area (Å²) in [6.45, 7) is 5.56. The fourth-order valence-electron chi connectivity index (χ4n) is 3.77. The number of halogens is 1. The van der Waals surface area contributed by atoms with Crippen LogP contribution in [0.15, 0.2) is 18.2 Å². The third-order valence-corrected chi connectivity index (χ3v) is 5.15. The molecule has 1 aliphatic carbocycles. The van der Waals surface area contributed by atoms with E-state index < -0.39 is 0 Å². The van der Waals surface area contributed by atoms with Crippen LogP contribution in [0.5, 0.6) is 0 Å². The van der Waals surface area contributed by atoms with Gasteiger partial charge in [0.25, 0.3) is 0 Å². The first-order valence-electron chi connectivity index (χ1n) is 8.19. The second kappa shape index (κ2) is 6.39. The van der Waals surface area contributed by atoms with Crippen molar-refractivity contribution in [3.8, 4) is 0 Å². The van der Waals surface area contributed by atoms with E-state index in [9.17, 15) is 0 Å². The van der Waals surface area contributed by atoms with Crippen molar-refractivity contribution in [1.29, 1.82) is 0 Å². The molecule has 0 amide bonds. The lowest BCUT2D eigenvalue weighted by molar-refractivity contribution is 0.261. The summed E-state index contributed by atoms with van der Waals surface area (Å²) >= 11 is 6.10. The van der Waals surface area contributed by atoms with Gasteiger partial charge in [0.15, 0.2) is 0 Å². The zero-order valence-corrected chi connectivity index (χ0v) is 13.9. The van der Waals surface area contributed by atoms with Crippen molar-refractivity contribution in [2.75, 3.05) is 0 Å². The smallest absolute Gasteiger partial charge is 0.124 e. The van der Waals surface area contributed by atoms with Crippen molar-refractivity contribution in [3.05, 3.63) is 29.6 Å². The standard InChI is InChI=1S/C18H25ClN2/c1-13-4-3-5-15(10-13)8-9-21-17-7-6-14(2)11-16(17)20-18(21)12-19/h6-7,11,13,15H,3-5,8-10,12H2,1-2H3. The second-order valence-electron chi connectivity index (χ2n) is 6.73.